The van der Waals surface area contributed by atoms with Crippen LogP contribution in [0.25, 0.3) is 0 Å². The van der Waals surface area contributed by atoms with Crippen LogP contribution in [-0.2, 0) is 21.7 Å². The minimum atomic E-state index is -0.102. The second-order valence-electron chi connectivity index (χ2n) is 1.64. The summed E-state index contributed by atoms with van der Waals surface area (Å²) >= 11 is 0. The molecule has 0 bridgehead atoms. The molecule has 0 aliphatic heterocycles. The van der Waals surface area contributed by atoms with E-state index in [2.05, 4.69) is 6.92 Å². The van der Waals surface area contributed by atoms with E-state index in [1.165, 1.54) is 0 Å². The second-order valence-corrected chi connectivity index (χ2v) is 1.64. The first-order chi connectivity index (χ1) is 2.77. The number of aliphatic hydroxyl groups excluding tert-OH is 1. The molecule has 1 N–H and O–H groups in total. The van der Waals surface area contributed by atoms with E-state index < -0.39 is 0 Å². The SMILES string of the molecule is CCCC(C)O.[Ti]. The quantitative estimate of drug-likeness (QED) is 0.565. The smallest absolute Gasteiger partial charge is 0.0512 e. The fraction of sp³-hybridized carbons (Fsp3) is 1.00. The van der Waals surface area contributed by atoms with Gasteiger partial charge in [0.2, 0.25) is 0 Å². The van der Waals surface area contributed by atoms with Crippen LogP contribution in [0, 0.1) is 0 Å². The Morgan fingerprint density at radius 1 is 1.57 bits per heavy atom. The minimum absolute atomic E-state index is 0. The zero-order chi connectivity index (χ0) is 4.99. The molecule has 0 fully saturated rings. The van der Waals surface area contributed by atoms with Crippen LogP contribution in [0.4, 0.5) is 0 Å². The molecule has 0 amide bonds. The molecule has 0 saturated heterocycles. The van der Waals surface area contributed by atoms with Crippen molar-refractivity contribution in [1.82, 2.24) is 0 Å². The molecule has 0 aromatic heterocycles. The molecule has 0 aromatic rings. The van der Waals surface area contributed by atoms with Crippen LogP contribution < -0.4 is 0 Å². The normalized spacial score (nSPS) is 12.4. The van der Waals surface area contributed by atoms with Crippen molar-refractivity contribution in [2.24, 2.45) is 0 Å². The van der Waals surface area contributed by atoms with Gasteiger partial charge in [-0.05, 0) is 13.3 Å². The van der Waals surface area contributed by atoms with Gasteiger partial charge in [-0.15, -0.1) is 0 Å². The van der Waals surface area contributed by atoms with E-state index in [4.69, 9.17) is 5.11 Å². The Bertz CT molecular complexity index is 29.3. The summed E-state index contributed by atoms with van der Waals surface area (Å²) in [6.07, 6.45) is 1.91. The van der Waals surface area contributed by atoms with E-state index in [-0.39, 0.29) is 27.8 Å². The molecule has 0 aromatic carbocycles. The summed E-state index contributed by atoms with van der Waals surface area (Å²) in [6.45, 7) is 3.87. The topological polar surface area (TPSA) is 20.2 Å². The standard InChI is InChI=1S/C5H12O.Ti/c1-3-4-5(2)6;/h5-6H,3-4H2,1-2H3;. The third-order valence-electron chi connectivity index (χ3n) is 0.706. The zero-order valence-electron chi connectivity index (χ0n) is 4.94. The fourth-order valence-corrected chi connectivity index (χ4v) is 0.418. The van der Waals surface area contributed by atoms with Crippen LogP contribution in [0.2, 0.25) is 0 Å². The van der Waals surface area contributed by atoms with Gasteiger partial charge in [0.25, 0.3) is 0 Å². The van der Waals surface area contributed by atoms with E-state index in [9.17, 15) is 0 Å². The van der Waals surface area contributed by atoms with E-state index in [1.807, 2.05) is 6.92 Å². The molecule has 42 valence electrons. The molecule has 1 atom stereocenters. The Kier molecular flexibility index (Phi) is 10.1. The predicted octanol–water partition coefficient (Wildman–Crippen LogP) is 1.16. The van der Waals surface area contributed by atoms with Crippen molar-refractivity contribution in [3.05, 3.63) is 0 Å². The van der Waals surface area contributed by atoms with Crippen LogP contribution in [0.5, 0.6) is 0 Å². The van der Waals surface area contributed by atoms with Gasteiger partial charge in [0, 0.05) is 21.7 Å². The number of rotatable bonds is 2. The van der Waals surface area contributed by atoms with Crippen molar-refractivity contribution in [3.63, 3.8) is 0 Å². The number of hydrogen-bond donors (Lipinski definition) is 1. The Labute approximate surface area is 60.0 Å². The van der Waals surface area contributed by atoms with E-state index >= 15 is 0 Å². The average Bonchev–Trinajstić information content (AvgIpc) is 1.35. The summed E-state index contributed by atoms with van der Waals surface area (Å²) in [5.74, 6) is 0. The third-order valence-corrected chi connectivity index (χ3v) is 0.706. The molecule has 1 unspecified atom stereocenters. The molecule has 0 heterocycles. The van der Waals surface area contributed by atoms with Crippen LogP contribution in [0.1, 0.15) is 26.7 Å². The summed E-state index contributed by atoms with van der Waals surface area (Å²) < 4.78 is 0. The maximum Gasteiger partial charge on any atom is 0.0512 e. The first kappa shape index (κ1) is 10.6. The van der Waals surface area contributed by atoms with Crippen molar-refractivity contribution < 1.29 is 26.8 Å². The van der Waals surface area contributed by atoms with E-state index in [0.717, 1.165) is 12.8 Å². The van der Waals surface area contributed by atoms with Gasteiger partial charge in [-0.25, -0.2) is 0 Å². The van der Waals surface area contributed by atoms with Crippen LogP contribution in [0.15, 0.2) is 0 Å². The Hall–Kier alpha value is 0.674. The summed E-state index contributed by atoms with van der Waals surface area (Å²) in [4.78, 5) is 0. The summed E-state index contributed by atoms with van der Waals surface area (Å²) in [7, 11) is 0. The monoisotopic (exact) mass is 136 g/mol. The van der Waals surface area contributed by atoms with Gasteiger partial charge in [-0.3, -0.25) is 0 Å². The Morgan fingerprint density at radius 2 is 2.00 bits per heavy atom. The van der Waals surface area contributed by atoms with Crippen molar-refractivity contribution in [1.29, 1.82) is 0 Å². The fourth-order valence-electron chi connectivity index (χ4n) is 0.418. The van der Waals surface area contributed by atoms with E-state index in [0.29, 0.717) is 0 Å². The van der Waals surface area contributed by atoms with Gasteiger partial charge in [0.1, 0.15) is 0 Å². The van der Waals surface area contributed by atoms with Gasteiger partial charge in [0.15, 0.2) is 0 Å². The third kappa shape index (κ3) is 10.8. The van der Waals surface area contributed by atoms with E-state index in [1.54, 1.807) is 0 Å². The first-order valence-electron chi connectivity index (χ1n) is 2.45. The van der Waals surface area contributed by atoms with Gasteiger partial charge in [-0.2, -0.15) is 0 Å². The molecule has 0 aliphatic rings. The zero-order valence-corrected chi connectivity index (χ0v) is 6.50. The second kappa shape index (κ2) is 6.67. The predicted molar refractivity (Wildman–Crippen MR) is 26.6 cm³/mol. The molecule has 0 spiro atoms. The maximum atomic E-state index is 8.55. The summed E-state index contributed by atoms with van der Waals surface area (Å²) in [5, 5.41) is 8.55. The molecule has 2 heteroatoms. The van der Waals surface area contributed by atoms with Gasteiger partial charge in [-0.1, -0.05) is 13.3 Å². The number of hydrogen-bond acceptors (Lipinski definition) is 1. The van der Waals surface area contributed by atoms with Crippen molar-refractivity contribution in [3.8, 4) is 0 Å². The molecule has 0 rings (SSSR count). The molecule has 0 aliphatic carbocycles. The Morgan fingerprint density at radius 3 is 2.00 bits per heavy atom. The van der Waals surface area contributed by atoms with Crippen molar-refractivity contribution in [2.75, 3.05) is 0 Å². The molecule has 0 saturated carbocycles. The van der Waals surface area contributed by atoms with Gasteiger partial charge >= 0.3 is 0 Å². The largest absolute Gasteiger partial charge is 0.393 e. The molecule has 7 heavy (non-hydrogen) atoms. The number of aliphatic hydroxyl groups is 1. The minimum Gasteiger partial charge on any atom is -0.393 e. The van der Waals surface area contributed by atoms with Crippen LogP contribution in [0.3, 0.4) is 0 Å². The molecular weight excluding hydrogens is 124 g/mol. The van der Waals surface area contributed by atoms with Crippen LogP contribution >= 0.6 is 0 Å². The van der Waals surface area contributed by atoms with Crippen molar-refractivity contribution in [2.45, 2.75) is 32.8 Å². The van der Waals surface area contributed by atoms with Gasteiger partial charge in [0.05, 0.1) is 6.10 Å². The molecule has 0 radical (unpaired) electrons. The molecular formula is C5H12OTi. The maximum absolute atomic E-state index is 8.55. The summed E-state index contributed by atoms with van der Waals surface area (Å²) in [5.41, 5.74) is 0. The van der Waals surface area contributed by atoms with Crippen molar-refractivity contribution >= 4 is 0 Å². The first-order valence-corrected chi connectivity index (χ1v) is 2.45. The molecule has 1 nitrogen and oxygen atoms in total. The Balaban J connectivity index is 0. The van der Waals surface area contributed by atoms with Gasteiger partial charge < -0.3 is 5.11 Å². The van der Waals surface area contributed by atoms with Crippen LogP contribution in [-0.4, -0.2) is 11.2 Å². The summed E-state index contributed by atoms with van der Waals surface area (Å²) in [6, 6.07) is 0. The average molecular weight is 136 g/mol.